The molecule has 0 spiro atoms. The molecule has 0 unspecified atom stereocenters. The Morgan fingerprint density at radius 3 is 2.62 bits per heavy atom. The average Bonchev–Trinajstić information content (AvgIpc) is 3.02. The highest BCUT2D eigenvalue weighted by Gasteiger charge is 2.17. The van der Waals surface area contributed by atoms with Crippen LogP contribution in [0.1, 0.15) is 39.5 Å². The van der Waals surface area contributed by atoms with Gasteiger partial charge in [0.15, 0.2) is 5.75 Å². The summed E-state index contributed by atoms with van der Waals surface area (Å²) in [5.41, 5.74) is 1.57. The summed E-state index contributed by atoms with van der Waals surface area (Å²) in [5, 5.41) is 3.39. The quantitative estimate of drug-likeness (QED) is 0.372. The Hall–Kier alpha value is -2.69. The standard InChI is InChI=1S/C21H25NO4/c1-3-5-6-9-14-22(21(23)24-4-2)26-16-12-13-18-17-10-7-8-11-19(17)25-20(18)15-16/h7-8,10-13,15H,3-6,9,14H2,1-2H3. The second-order valence-electron chi connectivity index (χ2n) is 6.21. The van der Waals surface area contributed by atoms with Gasteiger partial charge in [0.05, 0.1) is 13.2 Å². The predicted molar refractivity (Wildman–Crippen MR) is 102 cm³/mol. The van der Waals surface area contributed by atoms with E-state index >= 15 is 0 Å². The number of benzene rings is 2. The highest BCUT2D eigenvalue weighted by molar-refractivity contribution is 6.05. The number of hydrogen-bond donors (Lipinski definition) is 0. The van der Waals surface area contributed by atoms with Crippen molar-refractivity contribution in [1.29, 1.82) is 0 Å². The Bertz CT molecular complexity index is 871. The van der Waals surface area contributed by atoms with Crippen molar-refractivity contribution in [1.82, 2.24) is 5.06 Å². The predicted octanol–water partition coefficient (Wildman–Crippen LogP) is 5.92. The van der Waals surface area contributed by atoms with Crippen LogP contribution in [0.15, 0.2) is 46.9 Å². The molecule has 0 aliphatic carbocycles. The van der Waals surface area contributed by atoms with Crippen LogP contribution < -0.4 is 4.84 Å². The van der Waals surface area contributed by atoms with Crippen molar-refractivity contribution in [3.8, 4) is 5.75 Å². The fraction of sp³-hybridized carbons (Fsp3) is 0.381. The number of furan rings is 1. The number of unbranched alkanes of at least 4 members (excludes halogenated alkanes) is 3. The van der Waals surface area contributed by atoms with Crippen LogP contribution in [-0.4, -0.2) is 24.3 Å². The normalized spacial score (nSPS) is 11.0. The number of hydrogen-bond acceptors (Lipinski definition) is 4. The summed E-state index contributed by atoms with van der Waals surface area (Å²) in [7, 11) is 0. The lowest BCUT2D eigenvalue weighted by Gasteiger charge is -2.21. The number of carbonyl (C=O) groups excluding carboxylic acids is 1. The van der Waals surface area contributed by atoms with Gasteiger partial charge in [-0.15, -0.1) is 5.06 Å². The van der Waals surface area contributed by atoms with Gasteiger partial charge in [-0.05, 0) is 31.5 Å². The molecule has 0 saturated carbocycles. The molecular weight excluding hydrogens is 330 g/mol. The molecule has 0 radical (unpaired) electrons. The first-order valence-electron chi connectivity index (χ1n) is 9.26. The van der Waals surface area contributed by atoms with Gasteiger partial charge >= 0.3 is 6.09 Å². The summed E-state index contributed by atoms with van der Waals surface area (Å²) < 4.78 is 11.0. The summed E-state index contributed by atoms with van der Waals surface area (Å²) in [4.78, 5) is 18.0. The van der Waals surface area contributed by atoms with Crippen molar-refractivity contribution in [3.05, 3.63) is 42.5 Å². The average molecular weight is 355 g/mol. The molecule has 0 saturated heterocycles. The Morgan fingerprint density at radius 1 is 1.00 bits per heavy atom. The van der Waals surface area contributed by atoms with Gasteiger partial charge < -0.3 is 14.0 Å². The van der Waals surface area contributed by atoms with E-state index in [-0.39, 0.29) is 0 Å². The number of para-hydroxylation sites is 1. The molecule has 1 aromatic heterocycles. The van der Waals surface area contributed by atoms with Crippen molar-refractivity contribution in [2.75, 3.05) is 13.2 Å². The zero-order chi connectivity index (χ0) is 18.4. The number of carbonyl (C=O) groups is 1. The van der Waals surface area contributed by atoms with Crippen molar-refractivity contribution < 1.29 is 18.8 Å². The van der Waals surface area contributed by atoms with E-state index in [1.165, 1.54) is 5.06 Å². The molecule has 26 heavy (non-hydrogen) atoms. The van der Waals surface area contributed by atoms with E-state index < -0.39 is 6.09 Å². The Balaban J connectivity index is 1.78. The van der Waals surface area contributed by atoms with Crippen molar-refractivity contribution in [2.24, 2.45) is 0 Å². The van der Waals surface area contributed by atoms with Crippen LogP contribution in [0.5, 0.6) is 5.75 Å². The van der Waals surface area contributed by atoms with Crippen LogP contribution in [-0.2, 0) is 4.74 Å². The van der Waals surface area contributed by atoms with Crippen LogP contribution in [0.25, 0.3) is 21.9 Å². The SMILES string of the molecule is CCCCCCN(Oc1ccc2c(c1)oc1ccccc12)C(=O)OCC. The second kappa shape index (κ2) is 8.61. The van der Waals surface area contributed by atoms with Crippen LogP contribution in [0.2, 0.25) is 0 Å². The molecule has 5 nitrogen and oxygen atoms in total. The van der Waals surface area contributed by atoms with Crippen LogP contribution >= 0.6 is 0 Å². The van der Waals surface area contributed by atoms with E-state index in [9.17, 15) is 4.79 Å². The Labute approximate surface area is 153 Å². The van der Waals surface area contributed by atoms with Crippen molar-refractivity contribution >= 4 is 28.0 Å². The third-order valence-corrected chi connectivity index (χ3v) is 4.25. The van der Waals surface area contributed by atoms with Gasteiger partial charge in [0.25, 0.3) is 0 Å². The van der Waals surface area contributed by atoms with E-state index in [0.29, 0.717) is 18.9 Å². The smallest absolute Gasteiger partial charge is 0.443 e. The Morgan fingerprint density at radius 2 is 1.81 bits per heavy atom. The van der Waals surface area contributed by atoms with Gasteiger partial charge in [0.1, 0.15) is 11.2 Å². The highest BCUT2D eigenvalue weighted by Crippen LogP contribution is 2.31. The monoisotopic (exact) mass is 355 g/mol. The second-order valence-corrected chi connectivity index (χ2v) is 6.21. The van der Waals surface area contributed by atoms with E-state index in [1.807, 2.05) is 42.5 Å². The first-order chi connectivity index (χ1) is 12.7. The lowest BCUT2D eigenvalue weighted by Crippen LogP contribution is -2.35. The minimum atomic E-state index is -0.464. The van der Waals surface area contributed by atoms with Gasteiger partial charge in [0.2, 0.25) is 0 Å². The lowest BCUT2D eigenvalue weighted by atomic mass is 10.1. The summed E-state index contributed by atoms with van der Waals surface area (Å²) in [5.74, 6) is 0.556. The van der Waals surface area contributed by atoms with Crippen LogP contribution in [0, 0.1) is 0 Å². The van der Waals surface area contributed by atoms with E-state index in [0.717, 1.165) is 47.6 Å². The van der Waals surface area contributed by atoms with E-state index in [1.54, 1.807) is 6.92 Å². The van der Waals surface area contributed by atoms with Gasteiger partial charge in [-0.3, -0.25) is 0 Å². The maximum Gasteiger partial charge on any atom is 0.443 e. The molecule has 0 aliphatic rings. The largest absolute Gasteiger partial charge is 0.456 e. The first-order valence-corrected chi connectivity index (χ1v) is 9.26. The molecule has 2 aromatic carbocycles. The third kappa shape index (κ3) is 4.10. The number of ether oxygens (including phenoxy) is 1. The van der Waals surface area contributed by atoms with Crippen LogP contribution in [0.4, 0.5) is 4.79 Å². The first kappa shape index (κ1) is 18.1. The maximum absolute atomic E-state index is 12.2. The van der Waals surface area contributed by atoms with E-state index in [4.69, 9.17) is 14.0 Å². The molecule has 1 heterocycles. The lowest BCUT2D eigenvalue weighted by molar-refractivity contribution is -0.0478. The molecular formula is C21H25NO4. The van der Waals surface area contributed by atoms with Crippen LogP contribution in [0.3, 0.4) is 0 Å². The molecule has 0 fully saturated rings. The Kier molecular flexibility index (Phi) is 6.00. The zero-order valence-electron chi connectivity index (χ0n) is 15.4. The summed E-state index contributed by atoms with van der Waals surface area (Å²) in [6.07, 6.45) is 3.75. The van der Waals surface area contributed by atoms with Crippen molar-refractivity contribution in [3.63, 3.8) is 0 Å². The molecule has 3 aromatic rings. The van der Waals surface area contributed by atoms with Gasteiger partial charge in [-0.25, -0.2) is 4.79 Å². The van der Waals surface area contributed by atoms with E-state index in [2.05, 4.69) is 6.92 Å². The van der Waals surface area contributed by atoms with Crippen molar-refractivity contribution in [2.45, 2.75) is 39.5 Å². The molecule has 1 amide bonds. The molecule has 5 heteroatoms. The molecule has 3 rings (SSSR count). The molecule has 138 valence electrons. The summed E-state index contributed by atoms with van der Waals surface area (Å²) in [6, 6.07) is 13.5. The minimum Gasteiger partial charge on any atom is -0.456 e. The summed E-state index contributed by atoms with van der Waals surface area (Å²) in [6.45, 7) is 4.75. The van der Waals surface area contributed by atoms with Gasteiger partial charge in [-0.1, -0.05) is 44.4 Å². The molecule has 0 N–H and O–H groups in total. The number of hydroxylamine groups is 2. The molecule has 0 atom stereocenters. The third-order valence-electron chi connectivity index (χ3n) is 4.25. The molecule has 0 aliphatic heterocycles. The minimum absolute atomic E-state index is 0.316. The van der Waals surface area contributed by atoms with Gasteiger partial charge in [-0.2, -0.15) is 0 Å². The number of nitrogens with zero attached hydrogens (tertiary/aromatic N) is 1. The number of fused-ring (bicyclic) bond motifs is 3. The zero-order valence-corrected chi connectivity index (χ0v) is 15.4. The number of amides is 1. The fourth-order valence-corrected chi connectivity index (χ4v) is 2.94. The number of rotatable bonds is 8. The fourth-order valence-electron chi connectivity index (χ4n) is 2.94. The maximum atomic E-state index is 12.2. The molecule has 0 bridgehead atoms. The highest BCUT2D eigenvalue weighted by atomic mass is 16.7. The van der Waals surface area contributed by atoms with Gasteiger partial charge in [0, 0.05) is 16.8 Å². The topological polar surface area (TPSA) is 51.9 Å². The summed E-state index contributed by atoms with van der Waals surface area (Å²) >= 11 is 0.